The van der Waals surface area contributed by atoms with Gasteiger partial charge in [0.2, 0.25) is 20.2 Å². The number of benzene rings is 3. The fourth-order valence-electron chi connectivity index (χ4n) is 8.42. The summed E-state index contributed by atoms with van der Waals surface area (Å²) in [5.41, 5.74) is 1.72. The minimum Gasteiger partial charge on any atom is -0.497 e. The van der Waals surface area contributed by atoms with Crippen LogP contribution in [0.2, 0.25) is 18.6 Å². The summed E-state index contributed by atoms with van der Waals surface area (Å²) in [4.78, 5) is 46.8. The molecule has 0 aliphatic carbocycles. The highest BCUT2D eigenvalue weighted by Gasteiger charge is 2.67. The molecule has 3 aliphatic rings. The van der Waals surface area contributed by atoms with Crippen LogP contribution < -0.4 is 14.5 Å². The Kier molecular flexibility index (Phi) is 11.0. The normalized spacial score (nSPS) is 23.7. The molecule has 2 saturated heterocycles. The van der Waals surface area contributed by atoms with Gasteiger partial charge in [-0.2, -0.15) is 0 Å². The summed E-state index contributed by atoms with van der Waals surface area (Å²) in [6, 6.07) is 22.8. The third kappa shape index (κ3) is 7.34. The molecule has 3 aromatic carbocycles. The number of carbonyl (C=O) groups excluding carboxylic acids is 3. The Balaban J connectivity index is 1.30. The molecule has 11 heteroatoms. The largest absolute Gasteiger partial charge is 0.497 e. The Labute approximate surface area is 301 Å². The molecule has 3 aliphatic heterocycles. The molecule has 3 heterocycles. The van der Waals surface area contributed by atoms with E-state index in [0.717, 1.165) is 42.5 Å². The second-order valence-corrected chi connectivity index (χ2v) is 18.4. The quantitative estimate of drug-likeness (QED) is 0.175. The van der Waals surface area contributed by atoms with Gasteiger partial charge in [-0.1, -0.05) is 62.2 Å². The topological polar surface area (TPSA) is 99.6 Å². The Morgan fingerprint density at radius 2 is 1.75 bits per heavy atom. The lowest BCUT2D eigenvalue weighted by atomic mass is 9.82. The first-order valence-electron chi connectivity index (χ1n) is 18.2. The van der Waals surface area contributed by atoms with Gasteiger partial charge in [0.05, 0.1) is 38.5 Å². The van der Waals surface area contributed by atoms with Crippen LogP contribution in [0.5, 0.6) is 5.75 Å². The molecular formula is C40H50FN3O6Si. The van der Waals surface area contributed by atoms with Gasteiger partial charge in [0.25, 0.3) is 5.91 Å². The summed E-state index contributed by atoms with van der Waals surface area (Å²) >= 11 is 0. The number of nitrogens with zero attached hydrogens (tertiary/aromatic N) is 3. The number of fused-ring (bicyclic) bond motifs is 2. The molecule has 1 N–H and O–H groups in total. The fraction of sp³-hybridized carbons (Fsp3) is 0.475. The number of carbonyl (C=O) groups is 3. The predicted molar refractivity (Wildman–Crippen MR) is 198 cm³/mol. The molecule has 272 valence electrons. The van der Waals surface area contributed by atoms with Gasteiger partial charge >= 0.3 is 0 Å². The molecule has 3 amide bonds. The second kappa shape index (κ2) is 15.3. The molecule has 4 atom stereocenters. The standard InChI is InChI=1S/C40H50FN3O6Si/c1-28-38(51(3,4)41)35(25-37(47)42(22-23-45)26-29-12-8-7-9-13-29)50-40(28)33-24-32(49-2)19-20-34(33)44(39(40)48)27-30-15-17-31(18-16-30)43-21-11-6-5-10-14-36(43)46/h7-9,12-13,15-20,24,28,35,38,45H,5-6,10-11,14,21-23,25-27H2,1-4H3/t28-,35+,38-,40+/m1/s1. The average Bonchev–Trinajstić information content (AvgIpc) is 3.53. The zero-order valence-corrected chi connectivity index (χ0v) is 31.1. The number of amides is 3. The van der Waals surface area contributed by atoms with E-state index in [1.54, 1.807) is 36.1 Å². The zero-order valence-electron chi connectivity index (χ0n) is 30.1. The van der Waals surface area contributed by atoms with Gasteiger partial charge in [-0.25, -0.2) is 0 Å². The molecule has 9 nitrogen and oxygen atoms in total. The summed E-state index contributed by atoms with van der Waals surface area (Å²) in [5.74, 6) is -0.458. The maximum absolute atomic E-state index is 16.5. The molecule has 0 bridgehead atoms. The van der Waals surface area contributed by atoms with Gasteiger partial charge in [-0.15, -0.1) is 0 Å². The van der Waals surface area contributed by atoms with Crippen molar-refractivity contribution in [2.45, 2.75) is 88.9 Å². The van der Waals surface area contributed by atoms with Gasteiger partial charge in [0.1, 0.15) is 5.75 Å². The van der Waals surface area contributed by atoms with Crippen molar-refractivity contribution >= 4 is 37.5 Å². The lowest BCUT2D eigenvalue weighted by Gasteiger charge is -2.31. The SMILES string of the molecule is COc1ccc2c(c1)[C@]1(O[C@@H](CC(=O)N(CCO)Cc3ccccc3)[C@H]([Si](C)(C)F)[C@H]1C)C(=O)N2Cc1ccc(N2CCCCCCC2=O)cc1. The van der Waals surface area contributed by atoms with Crippen LogP contribution in [0.15, 0.2) is 72.8 Å². The first-order valence-corrected chi connectivity index (χ1v) is 21.1. The maximum atomic E-state index is 16.5. The van der Waals surface area contributed by atoms with Gasteiger partial charge < -0.3 is 33.4 Å². The first kappa shape index (κ1) is 36.7. The van der Waals surface area contributed by atoms with Gasteiger partial charge in [0, 0.05) is 48.8 Å². The highest BCUT2D eigenvalue weighted by molar-refractivity contribution is 6.72. The minimum absolute atomic E-state index is 0.118. The van der Waals surface area contributed by atoms with E-state index in [-0.39, 0.29) is 43.8 Å². The van der Waals surface area contributed by atoms with Gasteiger partial charge in [-0.05, 0) is 67.4 Å². The first-order chi connectivity index (χ1) is 24.5. The Hall–Kier alpha value is -4.06. The predicted octanol–water partition coefficient (Wildman–Crippen LogP) is 6.73. The average molecular weight is 716 g/mol. The number of methoxy groups -OCH3 is 1. The number of aliphatic hydroxyl groups is 1. The lowest BCUT2D eigenvalue weighted by molar-refractivity contribution is -0.150. The van der Waals surface area contributed by atoms with Gasteiger partial charge in [-0.3, -0.25) is 14.4 Å². The van der Waals surface area contributed by atoms with Crippen molar-refractivity contribution in [3.63, 3.8) is 0 Å². The van der Waals surface area contributed by atoms with E-state index in [4.69, 9.17) is 9.47 Å². The number of halogens is 1. The molecule has 0 radical (unpaired) electrons. The Bertz CT molecular complexity index is 1720. The van der Waals surface area contributed by atoms with Crippen molar-refractivity contribution in [1.29, 1.82) is 0 Å². The highest BCUT2D eigenvalue weighted by atomic mass is 28.4. The molecule has 2 fully saturated rings. The Morgan fingerprint density at radius 3 is 2.43 bits per heavy atom. The molecular weight excluding hydrogens is 666 g/mol. The zero-order chi connectivity index (χ0) is 36.3. The van der Waals surface area contributed by atoms with Crippen LogP contribution >= 0.6 is 0 Å². The molecule has 51 heavy (non-hydrogen) atoms. The molecule has 0 aromatic heterocycles. The van der Waals surface area contributed by atoms with Crippen LogP contribution in [0, 0.1) is 5.92 Å². The van der Waals surface area contributed by atoms with E-state index in [9.17, 15) is 19.5 Å². The number of rotatable bonds is 11. The van der Waals surface area contributed by atoms with E-state index in [1.807, 2.05) is 78.6 Å². The summed E-state index contributed by atoms with van der Waals surface area (Å²) < 4.78 is 28.9. The van der Waals surface area contributed by atoms with Crippen molar-refractivity contribution in [1.82, 2.24) is 4.90 Å². The van der Waals surface area contributed by atoms with Crippen molar-refractivity contribution in [2.75, 3.05) is 36.6 Å². The number of anilines is 2. The van der Waals surface area contributed by atoms with E-state index in [2.05, 4.69) is 0 Å². The van der Waals surface area contributed by atoms with E-state index < -0.39 is 31.6 Å². The van der Waals surface area contributed by atoms with Crippen molar-refractivity contribution in [2.24, 2.45) is 5.92 Å². The molecule has 3 aromatic rings. The van der Waals surface area contributed by atoms with E-state index >= 15 is 4.11 Å². The monoisotopic (exact) mass is 715 g/mol. The molecule has 0 saturated carbocycles. The van der Waals surface area contributed by atoms with Crippen LogP contribution in [0.4, 0.5) is 15.5 Å². The summed E-state index contributed by atoms with van der Waals surface area (Å²) in [6.07, 6.45) is 3.64. The van der Waals surface area contributed by atoms with Crippen molar-refractivity contribution in [3.8, 4) is 5.75 Å². The van der Waals surface area contributed by atoms with Gasteiger partial charge in [0.15, 0.2) is 5.60 Å². The maximum Gasteiger partial charge on any atom is 0.264 e. The third-order valence-corrected chi connectivity index (χ3v) is 13.4. The third-order valence-electron chi connectivity index (χ3n) is 10.9. The van der Waals surface area contributed by atoms with Crippen LogP contribution in [0.3, 0.4) is 0 Å². The molecule has 6 rings (SSSR count). The number of ether oxygens (including phenoxy) is 2. The molecule has 1 spiro atoms. The van der Waals surface area contributed by atoms with Crippen molar-refractivity contribution < 1.29 is 33.1 Å². The summed E-state index contributed by atoms with van der Waals surface area (Å²) in [7, 11) is -1.96. The number of hydrogen-bond acceptors (Lipinski definition) is 6. The van der Waals surface area contributed by atoms with Crippen LogP contribution in [-0.2, 0) is 37.8 Å². The highest BCUT2D eigenvalue weighted by Crippen LogP contribution is 2.60. The number of hydrogen-bond donors (Lipinski definition) is 1. The smallest absolute Gasteiger partial charge is 0.264 e. The fourth-order valence-corrected chi connectivity index (χ4v) is 10.9. The lowest BCUT2D eigenvalue weighted by Crippen LogP contribution is -2.45. The summed E-state index contributed by atoms with van der Waals surface area (Å²) in [5, 5.41) is 9.82. The minimum atomic E-state index is -3.52. The van der Waals surface area contributed by atoms with Crippen molar-refractivity contribution in [3.05, 3.63) is 89.5 Å². The summed E-state index contributed by atoms with van der Waals surface area (Å²) in [6.45, 7) is 6.25. The van der Waals surface area contributed by atoms with Crippen LogP contribution in [0.1, 0.15) is 62.1 Å². The van der Waals surface area contributed by atoms with E-state index in [0.29, 0.717) is 36.5 Å². The Morgan fingerprint density at radius 1 is 1.02 bits per heavy atom. The second-order valence-electron chi connectivity index (χ2n) is 14.6. The number of aliphatic hydroxyl groups excluding tert-OH is 1. The van der Waals surface area contributed by atoms with Crippen LogP contribution in [0.25, 0.3) is 0 Å². The van der Waals surface area contributed by atoms with E-state index in [1.165, 1.54) is 0 Å². The van der Waals surface area contributed by atoms with Crippen LogP contribution in [-0.4, -0.2) is 69.0 Å². The molecule has 0 unspecified atom stereocenters.